The van der Waals surface area contributed by atoms with Gasteiger partial charge in [0.25, 0.3) is 5.91 Å². The summed E-state index contributed by atoms with van der Waals surface area (Å²) in [7, 11) is 3.22. The molecule has 3 aromatic rings. The number of hydrogen-bond acceptors (Lipinski definition) is 5. The Hall–Kier alpha value is -3.52. The summed E-state index contributed by atoms with van der Waals surface area (Å²) >= 11 is 1.54. The molecule has 37 heavy (non-hydrogen) atoms. The van der Waals surface area contributed by atoms with Gasteiger partial charge in [-0.3, -0.25) is 10.2 Å². The standard InChI is InChI=1S/C29H30FN3O3S/c1-18-10-21(30)4-5-24(18)26-13-20(17-33-8-9-37-29(33)31)14-27-25(26)6-7-32(28(27)34)16-19-11-22(35-2)15-23(12-19)36-3/h4-5,10-15,31H,6-9,16-17H2,1-3H3. The minimum Gasteiger partial charge on any atom is -0.497 e. The van der Waals surface area contributed by atoms with E-state index in [9.17, 15) is 9.18 Å². The molecule has 8 heteroatoms. The number of carbonyl (C=O) groups is 1. The summed E-state index contributed by atoms with van der Waals surface area (Å²) in [6, 6.07) is 14.6. The number of fused-ring (bicyclic) bond motifs is 1. The highest BCUT2D eigenvalue weighted by Crippen LogP contribution is 2.35. The summed E-state index contributed by atoms with van der Waals surface area (Å²) < 4.78 is 24.7. The van der Waals surface area contributed by atoms with Crippen LogP contribution < -0.4 is 9.47 Å². The van der Waals surface area contributed by atoms with Crippen LogP contribution in [0.15, 0.2) is 48.5 Å². The zero-order valence-corrected chi connectivity index (χ0v) is 22.1. The van der Waals surface area contributed by atoms with Gasteiger partial charge in [-0.25, -0.2) is 4.39 Å². The van der Waals surface area contributed by atoms with Crippen molar-refractivity contribution in [2.45, 2.75) is 26.4 Å². The van der Waals surface area contributed by atoms with E-state index in [1.165, 1.54) is 23.9 Å². The predicted molar refractivity (Wildman–Crippen MR) is 145 cm³/mol. The van der Waals surface area contributed by atoms with E-state index in [0.29, 0.717) is 48.3 Å². The van der Waals surface area contributed by atoms with Crippen molar-refractivity contribution in [1.82, 2.24) is 9.80 Å². The molecule has 1 N–H and O–H groups in total. The lowest BCUT2D eigenvalue weighted by atomic mass is 9.86. The van der Waals surface area contributed by atoms with E-state index in [1.807, 2.05) is 41.0 Å². The van der Waals surface area contributed by atoms with Gasteiger partial charge in [0.2, 0.25) is 0 Å². The van der Waals surface area contributed by atoms with Crippen LogP contribution in [0.1, 0.15) is 32.6 Å². The van der Waals surface area contributed by atoms with Crippen LogP contribution in [-0.4, -0.2) is 53.9 Å². The van der Waals surface area contributed by atoms with Crippen LogP contribution in [-0.2, 0) is 19.5 Å². The Morgan fingerprint density at radius 1 is 0.892 bits per heavy atom. The average molecular weight is 520 g/mol. The van der Waals surface area contributed by atoms with Gasteiger partial charge in [0, 0.05) is 43.6 Å². The first kappa shape index (κ1) is 25.1. The number of thioether (sulfide) groups is 1. The number of amides is 1. The van der Waals surface area contributed by atoms with Crippen LogP contribution >= 0.6 is 11.8 Å². The van der Waals surface area contributed by atoms with Crippen LogP contribution in [0.3, 0.4) is 0 Å². The molecule has 0 aromatic heterocycles. The van der Waals surface area contributed by atoms with Gasteiger partial charge < -0.3 is 19.3 Å². The van der Waals surface area contributed by atoms with Crippen LogP contribution in [0.5, 0.6) is 11.5 Å². The molecule has 1 saturated heterocycles. The fourth-order valence-corrected chi connectivity index (χ4v) is 5.96. The topological polar surface area (TPSA) is 65.9 Å². The van der Waals surface area contributed by atoms with Crippen molar-refractivity contribution in [3.8, 4) is 22.6 Å². The van der Waals surface area contributed by atoms with Gasteiger partial charge >= 0.3 is 0 Å². The van der Waals surface area contributed by atoms with Crippen molar-refractivity contribution in [2.24, 2.45) is 0 Å². The summed E-state index contributed by atoms with van der Waals surface area (Å²) in [5, 5.41) is 8.79. The Bertz CT molecular complexity index is 1350. The molecule has 0 aliphatic carbocycles. The summed E-state index contributed by atoms with van der Waals surface area (Å²) in [6.45, 7) is 4.28. The summed E-state index contributed by atoms with van der Waals surface area (Å²) in [6.07, 6.45) is 0.698. The molecule has 2 heterocycles. The Morgan fingerprint density at radius 2 is 1.57 bits per heavy atom. The minimum absolute atomic E-state index is 0.0308. The number of hydrogen-bond donors (Lipinski definition) is 1. The lowest BCUT2D eigenvalue weighted by molar-refractivity contribution is 0.0726. The van der Waals surface area contributed by atoms with E-state index < -0.39 is 0 Å². The zero-order valence-electron chi connectivity index (χ0n) is 21.3. The van der Waals surface area contributed by atoms with Crippen LogP contribution in [0.2, 0.25) is 0 Å². The quantitative estimate of drug-likeness (QED) is 0.447. The first-order chi connectivity index (χ1) is 17.9. The van der Waals surface area contributed by atoms with Crippen molar-refractivity contribution < 1.29 is 18.7 Å². The van der Waals surface area contributed by atoms with E-state index >= 15 is 0 Å². The molecule has 0 unspecified atom stereocenters. The number of nitrogens with zero attached hydrogens (tertiary/aromatic N) is 2. The lowest BCUT2D eigenvalue weighted by Crippen LogP contribution is -2.37. The first-order valence-corrected chi connectivity index (χ1v) is 13.2. The lowest BCUT2D eigenvalue weighted by Gasteiger charge is -2.31. The average Bonchev–Trinajstić information content (AvgIpc) is 3.29. The summed E-state index contributed by atoms with van der Waals surface area (Å²) in [5.74, 6) is 1.95. The van der Waals surface area contributed by atoms with Gasteiger partial charge in [-0.1, -0.05) is 17.8 Å². The Morgan fingerprint density at radius 3 is 2.22 bits per heavy atom. The molecule has 2 aliphatic rings. The number of amidine groups is 1. The number of nitrogens with one attached hydrogen (secondary N) is 1. The van der Waals surface area contributed by atoms with Gasteiger partial charge in [-0.05, 0) is 83.1 Å². The third-order valence-electron chi connectivity index (χ3n) is 6.98. The number of benzene rings is 3. The van der Waals surface area contributed by atoms with E-state index in [0.717, 1.165) is 45.7 Å². The van der Waals surface area contributed by atoms with Crippen molar-refractivity contribution in [2.75, 3.05) is 33.1 Å². The highest BCUT2D eigenvalue weighted by molar-refractivity contribution is 8.14. The van der Waals surface area contributed by atoms with Crippen molar-refractivity contribution in [3.05, 3.63) is 82.2 Å². The Balaban J connectivity index is 1.53. The fourth-order valence-electron chi connectivity index (χ4n) is 5.12. The Labute approximate surface area is 220 Å². The molecule has 0 bridgehead atoms. The highest BCUT2D eigenvalue weighted by Gasteiger charge is 2.29. The summed E-state index contributed by atoms with van der Waals surface area (Å²) in [4.78, 5) is 17.7. The van der Waals surface area contributed by atoms with E-state index in [4.69, 9.17) is 14.9 Å². The molecule has 0 spiro atoms. The molecule has 0 radical (unpaired) electrons. The number of methoxy groups -OCH3 is 2. The van der Waals surface area contributed by atoms with E-state index in [1.54, 1.807) is 20.3 Å². The third kappa shape index (κ3) is 5.16. The second kappa shape index (κ2) is 10.5. The molecule has 0 atom stereocenters. The van der Waals surface area contributed by atoms with Gasteiger partial charge in [0.05, 0.1) is 14.2 Å². The summed E-state index contributed by atoms with van der Waals surface area (Å²) in [5.41, 5.74) is 6.32. The molecule has 192 valence electrons. The smallest absolute Gasteiger partial charge is 0.254 e. The number of halogens is 1. The van der Waals surface area contributed by atoms with Gasteiger partial charge in [-0.15, -0.1) is 0 Å². The SMILES string of the molecule is COc1cc(CN2CCc3c(cc(CN4CCSC4=N)cc3-c3ccc(F)cc3C)C2=O)cc(OC)c1. The Kier molecular flexibility index (Phi) is 7.11. The van der Waals surface area contributed by atoms with Crippen molar-refractivity contribution in [3.63, 3.8) is 0 Å². The maximum atomic E-state index is 13.9. The van der Waals surface area contributed by atoms with Gasteiger partial charge in [-0.2, -0.15) is 0 Å². The predicted octanol–water partition coefficient (Wildman–Crippen LogP) is 5.50. The number of rotatable bonds is 7. The molecule has 3 aromatic carbocycles. The first-order valence-electron chi connectivity index (χ1n) is 12.3. The maximum absolute atomic E-state index is 13.9. The molecular formula is C29H30FN3O3S. The second-order valence-electron chi connectivity index (χ2n) is 9.40. The van der Waals surface area contributed by atoms with Crippen molar-refractivity contribution in [1.29, 1.82) is 5.41 Å². The molecule has 1 fully saturated rings. The van der Waals surface area contributed by atoms with Gasteiger partial charge in [0.15, 0.2) is 5.17 Å². The maximum Gasteiger partial charge on any atom is 0.254 e. The molecule has 6 nitrogen and oxygen atoms in total. The minimum atomic E-state index is -0.273. The van der Waals surface area contributed by atoms with Crippen LogP contribution in [0.25, 0.3) is 11.1 Å². The highest BCUT2D eigenvalue weighted by atomic mass is 32.2. The molecule has 2 aliphatic heterocycles. The number of ether oxygens (including phenoxy) is 2. The monoisotopic (exact) mass is 519 g/mol. The van der Waals surface area contributed by atoms with Gasteiger partial charge in [0.1, 0.15) is 17.3 Å². The van der Waals surface area contributed by atoms with Crippen LogP contribution in [0.4, 0.5) is 4.39 Å². The largest absolute Gasteiger partial charge is 0.497 e. The number of carbonyl (C=O) groups excluding carboxylic acids is 1. The zero-order chi connectivity index (χ0) is 26.1. The molecule has 0 saturated carbocycles. The molecule has 5 rings (SSSR count). The second-order valence-corrected chi connectivity index (χ2v) is 10.5. The molecule has 1 amide bonds. The number of aryl methyl sites for hydroxylation is 1. The fraction of sp³-hybridized carbons (Fsp3) is 0.310. The molecular weight excluding hydrogens is 489 g/mol. The third-order valence-corrected chi connectivity index (χ3v) is 7.90. The van der Waals surface area contributed by atoms with E-state index in [-0.39, 0.29) is 11.7 Å². The van der Waals surface area contributed by atoms with Crippen LogP contribution in [0, 0.1) is 18.2 Å². The normalized spacial score (nSPS) is 15.2. The van der Waals surface area contributed by atoms with Crippen molar-refractivity contribution >= 4 is 22.8 Å². The van der Waals surface area contributed by atoms with E-state index in [2.05, 4.69) is 6.07 Å².